The van der Waals surface area contributed by atoms with E-state index in [-0.39, 0.29) is 35.4 Å². The van der Waals surface area contributed by atoms with Crippen LogP contribution in [-0.2, 0) is 20.7 Å². The van der Waals surface area contributed by atoms with Gasteiger partial charge < -0.3 is 14.9 Å². The van der Waals surface area contributed by atoms with E-state index in [4.69, 9.17) is 0 Å². The van der Waals surface area contributed by atoms with Gasteiger partial charge in [-0.15, -0.1) is 11.8 Å². The molecule has 2 N–H and O–H groups in total. The fourth-order valence-electron chi connectivity index (χ4n) is 4.27. The third kappa shape index (κ3) is 7.87. The highest BCUT2D eigenvalue weighted by Crippen LogP contribution is 2.38. The summed E-state index contributed by atoms with van der Waals surface area (Å²) in [5.41, 5.74) is 1.19. The van der Waals surface area contributed by atoms with Crippen LogP contribution in [0.4, 0.5) is 0 Å². The quantitative estimate of drug-likeness (QED) is 0.240. The van der Waals surface area contributed by atoms with Crippen molar-refractivity contribution < 1.29 is 24.5 Å². The minimum atomic E-state index is -0.595. The first-order valence-electron chi connectivity index (χ1n) is 11.8. The van der Waals surface area contributed by atoms with Gasteiger partial charge in [-0.25, -0.2) is 0 Å². The Labute approximate surface area is 210 Å². The molecule has 1 aliphatic carbocycles. The van der Waals surface area contributed by atoms with Gasteiger partial charge in [-0.3, -0.25) is 9.59 Å². The molecular weight excluding hydrogens is 468 g/mol. The molecule has 0 aliphatic heterocycles. The number of aryl methyl sites for hydroxylation is 1. The van der Waals surface area contributed by atoms with Crippen LogP contribution in [0.5, 0.6) is 0 Å². The maximum Gasteiger partial charge on any atom is 0.315 e. The molecule has 34 heavy (non-hydrogen) atoms. The average Bonchev–Trinajstić information content (AvgIpc) is 3.17. The van der Waals surface area contributed by atoms with Gasteiger partial charge in [0.1, 0.15) is 5.78 Å². The van der Waals surface area contributed by atoms with Gasteiger partial charge >= 0.3 is 5.97 Å². The van der Waals surface area contributed by atoms with Crippen LogP contribution in [0.2, 0.25) is 0 Å². The van der Waals surface area contributed by atoms with Crippen LogP contribution in [0.1, 0.15) is 24.8 Å². The molecule has 0 bridgehead atoms. The molecule has 0 unspecified atom stereocenters. The van der Waals surface area contributed by atoms with E-state index >= 15 is 0 Å². The summed E-state index contributed by atoms with van der Waals surface area (Å²) < 4.78 is 4.63. The second kappa shape index (κ2) is 13.9. The van der Waals surface area contributed by atoms with Gasteiger partial charge in [0.15, 0.2) is 0 Å². The van der Waals surface area contributed by atoms with Gasteiger partial charge in [0, 0.05) is 18.9 Å². The zero-order chi connectivity index (χ0) is 24.3. The van der Waals surface area contributed by atoms with E-state index in [1.807, 2.05) is 18.2 Å². The van der Waals surface area contributed by atoms with Crippen LogP contribution in [0.25, 0.3) is 10.8 Å². The molecule has 0 heterocycles. The summed E-state index contributed by atoms with van der Waals surface area (Å²) in [4.78, 5) is 23.7. The van der Waals surface area contributed by atoms with E-state index in [0.29, 0.717) is 18.6 Å². The lowest BCUT2D eigenvalue weighted by Gasteiger charge is -2.19. The molecule has 4 atom stereocenters. The Hall–Kier alpha value is -1.80. The minimum Gasteiger partial charge on any atom is -0.468 e. The van der Waals surface area contributed by atoms with E-state index in [1.165, 1.54) is 35.2 Å². The Bertz CT molecular complexity index is 976. The number of allylic oxidation sites excluding steroid dienone is 1. The van der Waals surface area contributed by atoms with Crippen LogP contribution >= 0.6 is 23.5 Å². The maximum atomic E-state index is 12.6. The van der Waals surface area contributed by atoms with Gasteiger partial charge in [0.2, 0.25) is 0 Å². The van der Waals surface area contributed by atoms with E-state index in [1.54, 1.807) is 17.8 Å². The van der Waals surface area contributed by atoms with Crippen LogP contribution in [0.3, 0.4) is 0 Å². The van der Waals surface area contributed by atoms with Crippen LogP contribution in [0, 0.1) is 11.8 Å². The second-order valence-electron chi connectivity index (χ2n) is 8.64. The molecule has 3 rings (SSSR count). The number of fused-ring (bicyclic) bond motifs is 1. The summed E-state index contributed by atoms with van der Waals surface area (Å²) >= 11 is 3.16. The smallest absolute Gasteiger partial charge is 0.315 e. The number of aliphatic hydroxyl groups excluding tert-OH is 2. The summed E-state index contributed by atoms with van der Waals surface area (Å²) in [6.45, 7) is -0.0278. The van der Waals surface area contributed by atoms with Gasteiger partial charge in [-0.05, 0) is 53.0 Å². The van der Waals surface area contributed by atoms with Crippen molar-refractivity contribution in [3.8, 4) is 0 Å². The number of ether oxygens (including phenoxy) is 1. The predicted molar refractivity (Wildman–Crippen MR) is 141 cm³/mol. The highest BCUT2D eigenvalue weighted by atomic mass is 32.2. The fourth-order valence-corrected chi connectivity index (χ4v) is 6.61. The molecule has 0 amide bonds. The molecule has 0 radical (unpaired) electrons. The Morgan fingerprint density at radius 2 is 2.00 bits per heavy atom. The topological polar surface area (TPSA) is 83.8 Å². The lowest BCUT2D eigenvalue weighted by molar-refractivity contribution is -0.137. The summed E-state index contributed by atoms with van der Waals surface area (Å²) in [6.07, 6.45) is 5.80. The minimum absolute atomic E-state index is 0.0278. The molecule has 0 saturated heterocycles. The number of carbonyl (C=O) groups excluding carboxylic acids is 2. The Morgan fingerprint density at radius 3 is 2.76 bits per heavy atom. The number of hydrogen-bond acceptors (Lipinski definition) is 7. The number of Topliss-reactive ketones (excluding diaryl/α,β-unsaturated/α-hetero) is 1. The van der Waals surface area contributed by atoms with Gasteiger partial charge in [-0.1, -0.05) is 54.6 Å². The fraction of sp³-hybridized carbons (Fsp3) is 0.481. The molecule has 2 aromatic carbocycles. The summed E-state index contributed by atoms with van der Waals surface area (Å²) in [6, 6.07) is 14.6. The number of thioether (sulfide) groups is 2. The van der Waals surface area contributed by atoms with Crippen LogP contribution in [-0.4, -0.2) is 64.3 Å². The highest BCUT2D eigenvalue weighted by Gasteiger charge is 2.40. The first-order valence-corrected chi connectivity index (χ1v) is 14.0. The standard InChI is InChI=1S/C27H34O5S2/c1-32-26(31)18-33-13-4-14-34-27-24(22(17-28)16-25(27)30)12-11-23(29)10-8-19-7-9-20-5-2-3-6-21(20)15-19/h2-3,5-7,9,11-12,15,22-24,27-29H,4,8,10,13-14,16-18H2,1H3/b12-11+/t22-,23+,24-,27+/m0/s1. The number of rotatable bonds is 13. The zero-order valence-corrected chi connectivity index (χ0v) is 21.2. The van der Waals surface area contributed by atoms with Crippen molar-refractivity contribution in [3.63, 3.8) is 0 Å². The first-order chi connectivity index (χ1) is 16.5. The van der Waals surface area contributed by atoms with Gasteiger partial charge in [0.25, 0.3) is 0 Å². The Morgan fingerprint density at radius 1 is 1.21 bits per heavy atom. The van der Waals surface area contributed by atoms with Crippen molar-refractivity contribution in [2.45, 2.75) is 37.0 Å². The van der Waals surface area contributed by atoms with E-state index in [9.17, 15) is 19.8 Å². The first kappa shape index (κ1) is 26.8. The molecule has 1 saturated carbocycles. The summed E-state index contributed by atoms with van der Waals surface area (Å²) in [5.74, 6) is 1.78. The molecular formula is C27H34O5S2. The van der Waals surface area contributed by atoms with Crippen molar-refractivity contribution in [2.24, 2.45) is 11.8 Å². The average molecular weight is 503 g/mol. The highest BCUT2D eigenvalue weighted by molar-refractivity contribution is 8.01. The molecule has 5 nitrogen and oxygen atoms in total. The largest absolute Gasteiger partial charge is 0.468 e. The van der Waals surface area contributed by atoms with E-state index in [0.717, 1.165) is 24.3 Å². The van der Waals surface area contributed by atoms with E-state index < -0.39 is 6.10 Å². The number of methoxy groups -OCH3 is 1. The van der Waals surface area contributed by atoms with Crippen molar-refractivity contribution in [2.75, 3.05) is 31.0 Å². The normalized spacial score (nSPS) is 21.4. The number of carbonyl (C=O) groups is 2. The van der Waals surface area contributed by atoms with Crippen molar-refractivity contribution in [3.05, 3.63) is 60.2 Å². The van der Waals surface area contributed by atoms with Gasteiger partial charge in [-0.2, -0.15) is 11.8 Å². The van der Waals surface area contributed by atoms with Crippen molar-refractivity contribution in [1.29, 1.82) is 0 Å². The molecule has 7 heteroatoms. The summed E-state index contributed by atoms with van der Waals surface area (Å²) in [7, 11) is 1.38. The Balaban J connectivity index is 1.48. The summed E-state index contributed by atoms with van der Waals surface area (Å²) in [5, 5.41) is 22.6. The number of ketones is 1. The lowest BCUT2D eigenvalue weighted by Crippen LogP contribution is -2.21. The monoisotopic (exact) mass is 502 g/mol. The molecule has 1 aliphatic rings. The molecule has 1 fully saturated rings. The van der Waals surface area contributed by atoms with Crippen molar-refractivity contribution >= 4 is 46.0 Å². The SMILES string of the molecule is COC(=O)CSCCCS[C@H]1C(=O)C[C@@H](CO)[C@@H]1/C=C/[C@H](O)CCc1ccc2ccccc2c1. The van der Waals surface area contributed by atoms with Gasteiger partial charge in [0.05, 0.1) is 24.2 Å². The molecule has 2 aromatic rings. The maximum absolute atomic E-state index is 12.6. The number of aliphatic hydroxyl groups is 2. The van der Waals surface area contributed by atoms with Crippen LogP contribution < -0.4 is 0 Å². The molecule has 0 spiro atoms. The predicted octanol–water partition coefficient (Wildman–Crippen LogP) is 4.29. The Kier molecular flexibility index (Phi) is 11.0. The molecule has 0 aromatic heterocycles. The molecule has 184 valence electrons. The third-order valence-electron chi connectivity index (χ3n) is 6.19. The number of benzene rings is 2. The van der Waals surface area contributed by atoms with Crippen molar-refractivity contribution in [1.82, 2.24) is 0 Å². The zero-order valence-electron chi connectivity index (χ0n) is 19.6. The number of hydrogen-bond donors (Lipinski definition) is 2. The number of esters is 1. The lowest BCUT2D eigenvalue weighted by atomic mass is 9.95. The third-order valence-corrected chi connectivity index (χ3v) is 8.66. The second-order valence-corrected chi connectivity index (χ2v) is 11.0. The van der Waals surface area contributed by atoms with E-state index in [2.05, 4.69) is 35.1 Å². The van der Waals surface area contributed by atoms with Crippen LogP contribution in [0.15, 0.2) is 54.6 Å².